The predicted molar refractivity (Wildman–Crippen MR) is 152 cm³/mol. The molecule has 6 rings (SSSR count). The van der Waals surface area contributed by atoms with E-state index in [0.717, 1.165) is 10.6 Å². The molecule has 5 aromatic rings. The quantitative estimate of drug-likeness (QED) is 0.259. The number of nitrogens with one attached hydrogen (secondary N) is 2. The van der Waals surface area contributed by atoms with E-state index >= 15 is 4.39 Å². The maximum atomic E-state index is 16.1. The summed E-state index contributed by atoms with van der Waals surface area (Å²) in [5, 5.41) is 11.1. The van der Waals surface area contributed by atoms with Crippen molar-refractivity contribution >= 4 is 33.3 Å². The molecule has 0 radical (unpaired) electrons. The Labute approximate surface area is 231 Å². The maximum Gasteiger partial charge on any atom is 0.333 e. The number of halogens is 2. The lowest BCUT2D eigenvalue weighted by atomic mass is 9.81. The molecule has 41 heavy (non-hydrogen) atoms. The van der Waals surface area contributed by atoms with Crippen molar-refractivity contribution in [2.75, 3.05) is 0 Å². The number of allylic oxidation sites excluding steroid dienone is 1. The molecule has 1 aliphatic carbocycles. The summed E-state index contributed by atoms with van der Waals surface area (Å²) in [6, 6.07) is 14.0. The Bertz CT molecular complexity index is 2080. The molecule has 3 aromatic carbocycles. The van der Waals surface area contributed by atoms with Crippen molar-refractivity contribution in [3.63, 3.8) is 0 Å². The molecule has 0 aliphatic heterocycles. The van der Waals surface area contributed by atoms with Crippen LogP contribution in [0, 0.1) is 12.7 Å². The zero-order valence-electron chi connectivity index (χ0n) is 22.4. The van der Waals surface area contributed by atoms with E-state index in [0.29, 0.717) is 38.9 Å². The number of fused-ring (bicyclic) bond motifs is 4. The molecular formula is C31H26F2N4O4. The van der Waals surface area contributed by atoms with Gasteiger partial charge in [-0.25, -0.2) is 18.1 Å². The van der Waals surface area contributed by atoms with Crippen LogP contribution >= 0.6 is 0 Å². The molecule has 208 valence electrons. The first kappa shape index (κ1) is 26.4. The topological polar surface area (TPSA) is 134 Å². The zero-order chi connectivity index (χ0) is 29.4. The third kappa shape index (κ3) is 4.02. The monoisotopic (exact) mass is 556 g/mol. The number of benzene rings is 3. The zero-order valence-corrected chi connectivity index (χ0v) is 22.4. The van der Waals surface area contributed by atoms with Crippen molar-refractivity contribution in [1.82, 2.24) is 14.5 Å². The van der Waals surface area contributed by atoms with E-state index in [9.17, 15) is 23.9 Å². The Balaban J connectivity index is 1.62. The van der Waals surface area contributed by atoms with Crippen molar-refractivity contribution in [1.29, 1.82) is 0 Å². The van der Waals surface area contributed by atoms with Crippen LogP contribution in [0.1, 0.15) is 54.1 Å². The van der Waals surface area contributed by atoms with Crippen LogP contribution in [0.4, 0.5) is 8.78 Å². The van der Waals surface area contributed by atoms with Gasteiger partial charge in [0, 0.05) is 34.2 Å². The number of carbonyl (C=O) groups is 1. The fraction of sp³-hybridized carbons (Fsp3) is 0.194. The minimum Gasteiger partial charge on any atom is -0.386 e. The third-order valence-electron chi connectivity index (χ3n) is 7.83. The van der Waals surface area contributed by atoms with E-state index < -0.39 is 40.3 Å². The summed E-state index contributed by atoms with van der Waals surface area (Å²) in [5.41, 5.74) is 6.11. The van der Waals surface area contributed by atoms with Gasteiger partial charge in [-0.15, -0.1) is 0 Å². The van der Waals surface area contributed by atoms with E-state index in [1.807, 2.05) is 0 Å². The summed E-state index contributed by atoms with van der Waals surface area (Å²) in [6.45, 7) is 4.95. The number of hydrogen-bond acceptors (Lipinski definition) is 4. The van der Waals surface area contributed by atoms with E-state index in [2.05, 4.69) is 9.97 Å². The third-order valence-corrected chi connectivity index (χ3v) is 7.83. The number of carbonyl (C=O) groups excluding carboxylic acids is 1. The lowest BCUT2D eigenvalue weighted by Crippen LogP contribution is -2.34. The van der Waals surface area contributed by atoms with Gasteiger partial charge in [0.15, 0.2) is 0 Å². The van der Waals surface area contributed by atoms with Gasteiger partial charge in [0.25, 0.3) is 5.56 Å². The number of nitrogens with zero attached hydrogens (tertiary/aromatic N) is 1. The molecule has 0 saturated heterocycles. The average Bonchev–Trinajstić information content (AvgIpc) is 3.28. The second kappa shape index (κ2) is 9.10. The Hall–Kier alpha value is -4.83. The minimum atomic E-state index is -1.14. The molecular weight excluding hydrogens is 530 g/mol. The first-order valence-corrected chi connectivity index (χ1v) is 13.0. The average molecular weight is 557 g/mol. The number of aliphatic hydroxyl groups is 1. The highest BCUT2D eigenvalue weighted by atomic mass is 19.1. The number of aromatic nitrogens is 3. The summed E-state index contributed by atoms with van der Waals surface area (Å²) >= 11 is 0. The Morgan fingerprint density at radius 1 is 1.05 bits per heavy atom. The summed E-state index contributed by atoms with van der Waals surface area (Å²) in [4.78, 5) is 44.5. The van der Waals surface area contributed by atoms with Crippen LogP contribution in [0.5, 0.6) is 0 Å². The molecule has 8 nitrogen and oxygen atoms in total. The van der Waals surface area contributed by atoms with E-state index in [1.165, 1.54) is 12.1 Å². The number of para-hydroxylation sites is 1. The first-order chi connectivity index (χ1) is 19.4. The summed E-state index contributed by atoms with van der Waals surface area (Å²) in [5.74, 6) is -2.94. The number of rotatable bonds is 4. The number of primary amides is 1. The van der Waals surface area contributed by atoms with Crippen molar-refractivity contribution in [3.8, 4) is 5.69 Å². The molecule has 0 spiro atoms. The van der Waals surface area contributed by atoms with Crippen molar-refractivity contribution < 1.29 is 18.7 Å². The molecule has 10 heteroatoms. The Morgan fingerprint density at radius 3 is 2.49 bits per heavy atom. The van der Waals surface area contributed by atoms with Gasteiger partial charge < -0.3 is 20.8 Å². The van der Waals surface area contributed by atoms with Crippen molar-refractivity contribution in [2.24, 2.45) is 5.73 Å². The van der Waals surface area contributed by atoms with E-state index in [4.69, 9.17) is 5.73 Å². The molecule has 2 heterocycles. The second-order valence-electron chi connectivity index (χ2n) is 10.9. The van der Waals surface area contributed by atoms with Crippen molar-refractivity contribution in [3.05, 3.63) is 115 Å². The highest BCUT2D eigenvalue weighted by Gasteiger charge is 2.35. The highest BCUT2D eigenvalue weighted by molar-refractivity contribution is 6.03. The largest absolute Gasteiger partial charge is 0.386 e. The summed E-state index contributed by atoms with van der Waals surface area (Å²) < 4.78 is 31.3. The fourth-order valence-corrected chi connectivity index (χ4v) is 5.73. The number of aromatic amines is 2. The summed E-state index contributed by atoms with van der Waals surface area (Å²) in [6.07, 6.45) is -0.276. The number of amides is 1. The number of nitrogens with two attached hydrogens (primary N) is 1. The van der Waals surface area contributed by atoms with Crippen LogP contribution in [0.2, 0.25) is 0 Å². The molecule has 1 amide bonds. The van der Waals surface area contributed by atoms with Gasteiger partial charge in [-0.1, -0.05) is 30.3 Å². The first-order valence-electron chi connectivity index (χ1n) is 13.0. The lowest BCUT2D eigenvalue weighted by molar-refractivity contribution is -0.119. The number of H-pyrrole nitrogens is 2. The molecule has 0 bridgehead atoms. The summed E-state index contributed by atoms with van der Waals surface area (Å²) in [7, 11) is 0. The van der Waals surface area contributed by atoms with Crippen LogP contribution in [0.15, 0.2) is 70.0 Å². The van der Waals surface area contributed by atoms with E-state index in [1.54, 1.807) is 57.2 Å². The van der Waals surface area contributed by atoms with Gasteiger partial charge in [0.05, 0.1) is 28.1 Å². The predicted octanol–water partition coefficient (Wildman–Crippen LogP) is 4.54. The van der Waals surface area contributed by atoms with Gasteiger partial charge in [-0.05, 0) is 61.7 Å². The van der Waals surface area contributed by atoms with Gasteiger partial charge >= 0.3 is 5.69 Å². The molecule has 1 aliphatic rings. The SMILES string of the molecule is Cc1c(C2=C(F)C[C@H](C(N)=O)c3[nH]c4cc(C(C)(C)O)ccc4c32)cccc1-n1c(=O)[nH]c2c(F)cccc2c1=O. The van der Waals surface area contributed by atoms with Crippen LogP contribution in [-0.2, 0) is 10.4 Å². The molecule has 0 unspecified atom stereocenters. The number of hydrogen-bond donors (Lipinski definition) is 4. The van der Waals surface area contributed by atoms with Crippen LogP contribution in [-0.4, -0.2) is 25.5 Å². The smallest absolute Gasteiger partial charge is 0.333 e. The van der Waals surface area contributed by atoms with E-state index in [-0.39, 0.29) is 28.6 Å². The molecule has 0 fully saturated rings. The lowest BCUT2D eigenvalue weighted by Gasteiger charge is -2.24. The van der Waals surface area contributed by atoms with Crippen LogP contribution in [0.3, 0.4) is 0 Å². The Morgan fingerprint density at radius 2 is 1.78 bits per heavy atom. The Kier molecular flexibility index (Phi) is 5.86. The van der Waals surface area contributed by atoms with Crippen LogP contribution in [0.25, 0.3) is 33.1 Å². The minimum absolute atomic E-state index is 0.0108. The molecule has 2 aromatic heterocycles. The second-order valence-corrected chi connectivity index (χ2v) is 10.9. The normalized spacial score (nSPS) is 15.5. The fourth-order valence-electron chi connectivity index (χ4n) is 5.73. The van der Waals surface area contributed by atoms with Gasteiger partial charge in [0.2, 0.25) is 5.91 Å². The molecule has 1 atom stereocenters. The van der Waals surface area contributed by atoms with Gasteiger partial charge in [0.1, 0.15) is 11.6 Å². The van der Waals surface area contributed by atoms with Gasteiger partial charge in [-0.2, -0.15) is 0 Å². The molecule has 5 N–H and O–H groups in total. The standard InChI is InChI=1S/C31H26F2N4O4/c1-14-16(6-5-9-23(14)37-29(39)18-7-4-8-20(32)26(18)36-30(37)40)24-21(33)13-19(28(34)38)27-25(24)17-11-10-15(31(2,3)41)12-22(17)35-27/h4-12,19,35,41H,13H2,1-3H3,(H2,34,38)(H,36,40)/t19-/m0/s1. The van der Waals surface area contributed by atoms with Crippen LogP contribution < -0.4 is 17.0 Å². The molecule has 0 saturated carbocycles. The van der Waals surface area contributed by atoms with Gasteiger partial charge in [-0.3, -0.25) is 9.59 Å². The highest BCUT2D eigenvalue weighted by Crippen LogP contribution is 2.47. The maximum absolute atomic E-state index is 16.1. The van der Waals surface area contributed by atoms with Crippen molar-refractivity contribution in [2.45, 2.75) is 38.7 Å².